The van der Waals surface area contributed by atoms with Gasteiger partial charge < -0.3 is 9.64 Å². The van der Waals surface area contributed by atoms with E-state index < -0.39 is 38.0 Å². The number of sulfonamides is 1. The van der Waals surface area contributed by atoms with Crippen molar-refractivity contribution in [2.75, 3.05) is 65.1 Å². The third kappa shape index (κ3) is 9.30. The molecule has 2 amide bonds. The highest BCUT2D eigenvalue weighted by Crippen LogP contribution is 2.44. The van der Waals surface area contributed by atoms with Crippen LogP contribution in [0.4, 0.5) is 4.79 Å². The van der Waals surface area contributed by atoms with Crippen molar-refractivity contribution in [3.05, 3.63) is 99.5 Å². The van der Waals surface area contributed by atoms with E-state index in [1.165, 1.54) is 25.5 Å². The topological polar surface area (TPSA) is 129 Å². The highest BCUT2D eigenvalue weighted by Gasteiger charge is 2.44. The zero-order valence-corrected chi connectivity index (χ0v) is 32.1. The number of halogens is 2. The van der Waals surface area contributed by atoms with Crippen LogP contribution < -0.4 is 0 Å². The molecule has 0 aromatic heterocycles. The van der Waals surface area contributed by atoms with Crippen LogP contribution in [0.5, 0.6) is 0 Å². The lowest BCUT2D eigenvalue weighted by atomic mass is 9.93. The average molecular weight is 781 g/mol. The second kappa shape index (κ2) is 16.7. The van der Waals surface area contributed by atoms with Crippen LogP contribution in [0.25, 0.3) is 0 Å². The normalized spacial score (nSPS) is 19.4. The molecule has 1 fully saturated rings. The first kappa shape index (κ1) is 39.1. The van der Waals surface area contributed by atoms with Gasteiger partial charge in [-0.2, -0.15) is 0 Å². The second-order valence-electron chi connectivity index (χ2n) is 12.6. The zero-order chi connectivity index (χ0) is 36.9. The van der Waals surface area contributed by atoms with Gasteiger partial charge in [0, 0.05) is 61.7 Å². The van der Waals surface area contributed by atoms with Gasteiger partial charge in [-0.05, 0) is 61.4 Å². The number of methoxy groups -OCH3 is 1. The number of amidine groups is 1. The number of piperazine rings is 1. The monoisotopic (exact) mass is 779 g/mol. The van der Waals surface area contributed by atoms with Crippen LogP contribution >= 0.6 is 23.2 Å². The van der Waals surface area contributed by atoms with E-state index in [1.807, 2.05) is 29.2 Å². The first-order valence-electron chi connectivity index (χ1n) is 16.6. The zero-order valence-electron chi connectivity index (χ0n) is 29.0. The van der Waals surface area contributed by atoms with Crippen molar-refractivity contribution in [2.24, 2.45) is 4.99 Å². The third-order valence-electron chi connectivity index (χ3n) is 8.77. The Morgan fingerprint density at radius 2 is 1.55 bits per heavy atom. The van der Waals surface area contributed by atoms with E-state index in [4.69, 9.17) is 37.8 Å². The lowest BCUT2D eigenvalue weighted by Gasteiger charge is -2.39. The summed E-state index contributed by atoms with van der Waals surface area (Å²) in [6, 6.07) is 18.7. The summed E-state index contributed by atoms with van der Waals surface area (Å²) in [5, 5.41) is 1.08. The maximum atomic E-state index is 14.8. The number of ether oxygens (including phenoxy) is 1. The van der Waals surface area contributed by atoms with Gasteiger partial charge in [-0.15, -0.1) is 0 Å². The fourth-order valence-corrected chi connectivity index (χ4v) is 8.60. The Labute approximate surface area is 310 Å². The highest BCUT2D eigenvalue weighted by molar-refractivity contribution is 7.90. The van der Waals surface area contributed by atoms with Gasteiger partial charge in [0.2, 0.25) is 0 Å². The molecule has 2 aliphatic heterocycles. The highest BCUT2D eigenvalue weighted by atomic mass is 35.5. The van der Waals surface area contributed by atoms with Crippen LogP contribution in [0, 0.1) is 0 Å². The number of nitrogens with zero attached hydrogens (tertiary/aromatic N) is 5. The standard InChI is InChI=1S/C35H43Cl2N5O7S2/c1-5-49-42(25(2)24-48-3)51(46,47)31-8-6-7-28(23-31)34-38-32(26-9-13-29(36)14-10-26)33(27-11-15-30(37)16-12-27)41(34)35(43)40-19-17-39(18-20-40)21-22-50(4,44)45/h6-16,23,25,32-33H,5,17-22,24H2,1-4H3. The van der Waals surface area contributed by atoms with Crippen molar-refractivity contribution in [2.45, 2.75) is 36.9 Å². The molecule has 3 unspecified atom stereocenters. The van der Waals surface area contributed by atoms with Crippen molar-refractivity contribution in [3.63, 3.8) is 0 Å². The summed E-state index contributed by atoms with van der Waals surface area (Å²) in [6.07, 6.45) is 1.21. The van der Waals surface area contributed by atoms with Crippen LogP contribution in [0.15, 0.2) is 82.7 Å². The summed E-state index contributed by atoms with van der Waals surface area (Å²) >= 11 is 12.6. The molecule has 16 heteroatoms. The number of rotatable bonds is 13. The molecule has 3 atom stereocenters. The summed E-state index contributed by atoms with van der Waals surface area (Å²) in [7, 11) is -5.82. The number of urea groups is 1. The van der Waals surface area contributed by atoms with Gasteiger partial charge in [0.25, 0.3) is 10.0 Å². The Morgan fingerprint density at radius 3 is 2.12 bits per heavy atom. The van der Waals surface area contributed by atoms with E-state index in [1.54, 1.807) is 60.0 Å². The van der Waals surface area contributed by atoms with E-state index in [9.17, 15) is 21.6 Å². The maximum absolute atomic E-state index is 14.8. The lowest BCUT2D eigenvalue weighted by Crippen LogP contribution is -2.54. The molecule has 0 N–H and O–H groups in total. The first-order chi connectivity index (χ1) is 24.2. The number of carbonyl (C=O) groups excluding carboxylic acids is 1. The van der Waals surface area contributed by atoms with Gasteiger partial charge in [-0.25, -0.2) is 21.6 Å². The summed E-state index contributed by atoms with van der Waals surface area (Å²) in [4.78, 5) is 30.9. The number of hydrogen-bond acceptors (Lipinski definition) is 9. The fourth-order valence-electron chi connectivity index (χ4n) is 6.24. The average Bonchev–Trinajstić information content (AvgIpc) is 3.50. The van der Waals surface area contributed by atoms with E-state index in [0.29, 0.717) is 54.2 Å². The van der Waals surface area contributed by atoms with Crippen molar-refractivity contribution in [3.8, 4) is 0 Å². The predicted octanol–water partition coefficient (Wildman–Crippen LogP) is 5.30. The number of carbonyl (C=O) groups is 1. The number of amides is 2. The van der Waals surface area contributed by atoms with Crippen molar-refractivity contribution < 1.29 is 31.2 Å². The molecule has 2 aliphatic rings. The maximum Gasteiger partial charge on any atom is 0.326 e. The Kier molecular flexibility index (Phi) is 12.8. The van der Waals surface area contributed by atoms with E-state index in [-0.39, 0.29) is 29.9 Å². The third-order valence-corrected chi connectivity index (χ3v) is 12.0. The number of hydroxylamine groups is 1. The van der Waals surface area contributed by atoms with Crippen LogP contribution in [0.2, 0.25) is 10.0 Å². The minimum absolute atomic E-state index is 0.0372. The number of aliphatic imine (C=N–C) groups is 1. The minimum atomic E-state index is -4.17. The van der Waals surface area contributed by atoms with Crippen LogP contribution in [-0.4, -0.2) is 119 Å². The second-order valence-corrected chi connectivity index (χ2v) is 17.5. The molecule has 0 radical (unpaired) electrons. The van der Waals surface area contributed by atoms with Gasteiger partial charge >= 0.3 is 6.03 Å². The lowest BCUT2D eigenvalue weighted by molar-refractivity contribution is -0.115. The number of hydrogen-bond donors (Lipinski definition) is 0. The summed E-state index contributed by atoms with van der Waals surface area (Å²) in [5.74, 6) is 0.333. The smallest absolute Gasteiger partial charge is 0.326 e. The molecule has 0 spiro atoms. The molecule has 0 bridgehead atoms. The van der Waals surface area contributed by atoms with E-state index >= 15 is 0 Å². The van der Waals surface area contributed by atoms with Crippen molar-refractivity contribution in [1.82, 2.24) is 19.2 Å². The molecular formula is C35H43Cl2N5O7S2. The van der Waals surface area contributed by atoms with Crippen molar-refractivity contribution >= 4 is 54.9 Å². The predicted molar refractivity (Wildman–Crippen MR) is 198 cm³/mol. The Hall–Kier alpha value is -3.08. The van der Waals surface area contributed by atoms with E-state index in [2.05, 4.69) is 0 Å². The molecule has 0 aliphatic carbocycles. The molecule has 276 valence electrons. The van der Waals surface area contributed by atoms with Crippen LogP contribution in [0.1, 0.15) is 42.6 Å². The first-order valence-corrected chi connectivity index (χ1v) is 20.8. The van der Waals surface area contributed by atoms with Gasteiger partial charge in [-0.3, -0.25) is 19.6 Å². The van der Waals surface area contributed by atoms with Gasteiger partial charge in [0.05, 0.1) is 35.9 Å². The molecule has 2 heterocycles. The van der Waals surface area contributed by atoms with Crippen LogP contribution in [-0.2, 0) is 29.4 Å². The quantitative estimate of drug-likeness (QED) is 0.214. The number of benzene rings is 3. The molecule has 5 rings (SSSR count). The van der Waals surface area contributed by atoms with Gasteiger partial charge in [-0.1, -0.05) is 64.1 Å². The Balaban J connectivity index is 1.59. The van der Waals surface area contributed by atoms with Crippen LogP contribution in [0.3, 0.4) is 0 Å². The van der Waals surface area contributed by atoms with E-state index in [0.717, 1.165) is 15.6 Å². The number of sulfone groups is 1. The molecular weight excluding hydrogens is 737 g/mol. The summed E-state index contributed by atoms with van der Waals surface area (Å²) < 4.78 is 57.7. The molecule has 3 aromatic carbocycles. The minimum Gasteiger partial charge on any atom is -0.383 e. The molecule has 51 heavy (non-hydrogen) atoms. The van der Waals surface area contributed by atoms with Gasteiger partial charge in [0.15, 0.2) is 0 Å². The Bertz CT molecular complexity index is 1920. The molecule has 1 saturated heterocycles. The SMILES string of the molecule is CCON(C(C)COC)S(=O)(=O)c1cccc(C2=NC(c3ccc(Cl)cc3)C(c3ccc(Cl)cc3)N2C(=O)N2CCN(CCS(C)(=O)=O)CC2)c1. The summed E-state index contributed by atoms with van der Waals surface area (Å²) in [5.41, 5.74) is 2.00. The van der Waals surface area contributed by atoms with Gasteiger partial charge in [0.1, 0.15) is 21.7 Å². The summed E-state index contributed by atoms with van der Waals surface area (Å²) in [6.45, 7) is 5.72. The fraction of sp³-hybridized carbons (Fsp3) is 0.429. The van der Waals surface area contributed by atoms with Crippen molar-refractivity contribution in [1.29, 1.82) is 0 Å². The largest absolute Gasteiger partial charge is 0.383 e. The molecule has 3 aromatic rings. The molecule has 0 saturated carbocycles. The molecule has 12 nitrogen and oxygen atoms in total. The Morgan fingerprint density at radius 1 is 0.941 bits per heavy atom.